The van der Waals surface area contributed by atoms with Gasteiger partial charge in [0, 0.05) is 29.6 Å². The Hall–Kier alpha value is -2.71. The fourth-order valence-corrected chi connectivity index (χ4v) is 2.58. The lowest BCUT2D eigenvalue weighted by molar-refractivity contribution is -0.384. The smallest absolute Gasteiger partial charge is 0.269 e. The Balaban J connectivity index is 1.80. The lowest BCUT2D eigenvalue weighted by atomic mass is 10.2. The highest BCUT2D eigenvalue weighted by molar-refractivity contribution is 7.98. The van der Waals surface area contributed by atoms with Crippen molar-refractivity contribution in [3.8, 4) is 0 Å². The number of nitro benzene ring substituents is 1. The summed E-state index contributed by atoms with van der Waals surface area (Å²) in [5.41, 5.74) is 1.74. The average Bonchev–Trinajstić information content (AvgIpc) is 2.65. The Morgan fingerprint density at radius 2 is 1.85 bits per heavy atom. The van der Waals surface area contributed by atoms with Crippen LogP contribution in [0.4, 0.5) is 5.69 Å². The number of hydrogen-bond acceptors (Lipinski definition) is 5. The standard InChI is InChI=1S/C18H17N3O3S2/c1-26-16-9-4-14(5-10-16)12-19-18(25)20-17(22)11-6-13-2-7-15(8-3-13)21(23)24/h2-11H,12H2,1H3,(H2,19,20,22,25)/b11-6+. The number of nitrogens with one attached hydrogen (secondary N) is 2. The van der Waals surface area contributed by atoms with Gasteiger partial charge in [-0.3, -0.25) is 20.2 Å². The normalized spacial score (nSPS) is 10.5. The molecule has 0 unspecified atom stereocenters. The minimum atomic E-state index is -0.473. The molecule has 26 heavy (non-hydrogen) atoms. The minimum Gasteiger partial charge on any atom is -0.358 e. The van der Waals surface area contributed by atoms with Crippen LogP contribution in [0.5, 0.6) is 0 Å². The van der Waals surface area contributed by atoms with Gasteiger partial charge in [0.05, 0.1) is 4.92 Å². The van der Waals surface area contributed by atoms with Gasteiger partial charge in [0.2, 0.25) is 5.91 Å². The van der Waals surface area contributed by atoms with Crippen molar-refractivity contribution in [3.05, 3.63) is 75.8 Å². The van der Waals surface area contributed by atoms with Crippen LogP contribution < -0.4 is 10.6 Å². The van der Waals surface area contributed by atoms with Gasteiger partial charge in [-0.1, -0.05) is 12.1 Å². The molecule has 0 radical (unpaired) electrons. The van der Waals surface area contributed by atoms with Crippen molar-refractivity contribution in [2.45, 2.75) is 11.4 Å². The van der Waals surface area contributed by atoms with Gasteiger partial charge in [-0.2, -0.15) is 0 Å². The summed E-state index contributed by atoms with van der Waals surface area (Å²) in [5.74, 6) is -0.376. The molecule has 0 aromatic heterocycles. The predicted molar refractivity (Wildman–Crippen MR) is 108 cm³/mol. The summed E-state index contributed by atoms with van der Waals surface area (Å²) >= 11 is 6.77. The fourth-order valence-electron chi connectivity index (χ4n) is 2.00. The highest BCUT2D eigenvalue weighted by Gasteiger charge is 2.04. The van der Waals surface area contributed by atoms with E-state index in [-0.39, 0.29) is 16.7 Å². The zero-order valence-corrected chi connectivity index (χ0v) is 15.6. The van der Waals surface area contributed by atoms with Gasteiger partial charge >= 0.3 is 0 Å². The molecule has 2 aromatic carbocycles. The lowest BCUT2D eigenvalue weighted by Gasteiger charge is -2.08. The second kappa shape index (κ2) is 9.69. The van der Waals surface area contributed by atoms with E-state index in [1.165, 1.54) is 23.1 Å². The topological polar surface area (TPSA) is 84.3 Å². The van der Waals surface area contributed by atoms with Crippen molar-refractivity contribution in [2.75, 3.05) is 6.26 Å². The number of carbonyl (C=O) groups is 1. The molecule has 0 spiro atoms. The Kier molecular flexibility index (Phi) is 7.31. The first-order chi connectivity index (χ1) is 12.5. The van der Waals surface area contributed by atoms with Crippen molar-refractivity contribution in [2.24, 2.45) is 0 Å². The van der Waals surface area contributed by atoms with E-state index in [9.17, 15) is 14.9 Å². The number of nitrogens with zero attached hydrogens (tertiary/aromatic N) is 1. The summed E-state index contributed by atoms with van der Waals surface area (Å²) in [6.07, 6.45) is 4.90. The Bertz CT molecular complexity index is 819. The van der Waals surface area contributed by atoms with E-state index in [1.54, 1.807) is 30.0 Å². The van der Waals surface area contributed by atoms with Crippen LogP contribution in [0.2, 0.25) is 0 Å². The Labute approximate surface area is 160 Å². The van der Waals surface area contributed by atoms with E-state index in [0.717, 1.165) is 5.56 Å². The summed E-state index contributed by atoms with van der Waals surface area (Å²) < 4.78 is 0. The molecule has 0 saturated carbocycles. The zero-order valence-electron chi connectivity index (χ0n) is 14.0. The molecular weight excluding hydrogens is 370 g/mol. The highest BCUT2D eigenvalue weighted by atomic mass is 32.2. The molecule has 134 valence electrons. The molecule has 0 atom stereocenters. The summed E-state index contributed by atoms with van der Waals surface area (Å²) in [6, 6.07) is 13.9. The number of non-ortho nitro benzene ring substituents is 1. The number of rotatable bonds is 6. The number of benzene rings is 2. The SMILES string of the molecule is CSc1ccc(CNC(=S)NC(=O)/C=C/c2ccc([N+](=O)[O-])cc2)cc1. The average molecular weight is 387 g/mol. The highest BCUT2D eigenvalue weighted by Crippen LogP contribution is 2.14. The van der Waals surface area contributed by atoms with Crippen molar-refractivity contribution in [1.29, 1.82) is 0 Å². The van der Waals surface area contributed by atoms with E-state index >= 15 is 0 Å². The van der Waals surface area contributed by atoms with E-state index in [1.807, 2.05) is 30.5 Å². The molecule has 2 aromatic rings. The summed E-state index contributed by atoms with van der Waals surface area (Å²) in [5, 5.41) is 16.4. The number of thioether (sulfide) groups is 1. The van der Waals surface area contributed by atoms with E-state index in [2.05, 4.69) is 10.6 Å². The largest absolute Gasteiger partial charge is 0.358 e. The first-order valence-corrected chi connectivity index (χ1v) is 9.25. The summed E-state index contributed by atoms with van der Waals surface area (Å²) in [4.78, 5) is 23.2. The van der Waals surface area contributed by atoms with Crippen LogP contribution in [0.1, 0.15) is 11.1 Å². The molecule has 2 rings (SSSR count). The van der Waals surface area contributed by atoms with Crippen molar-refractivity contribution in [1.82, 2.24) is 10.6 Å². The minimum absolute atomic E-state index is 0.00235. The van der Waals surface area contributed by atoms with Gasteiger partial charge in [-0.25, -0.2) is 0 Å². The monoisotopic (exact) mass is 387 g/mol. The number of thiocarbonyl (C=S) groups is 1. The molecule has 0 heterocycles. The molecule has 0 aliphatic carbocycles. The maximum Gasteiger partial charge on any atom is 0.269 e. The third-order valence-corrected chi connectivity index (χ3v) is 4.37. The Morgan fingerprint density at radius 1 is 1.19 bits per heavy atom. The van der Waals surface area contributed by atoms with Crippen LogP contribution in [0.15, 0.2) is 59.5 Å². The number of nitro groups is 1. The lowest BCUT2D eigenvalue weighted by Crippen LogP contribution is -2.37. The van der Waals surface area contributed by atoms with Gasteiger partial charge in [0.25, 0.3) is 5.69 Å². The molecule has 8 heteroatoms. The third-order valence-electron chi connectivity index (χ3n) is 3.38. The van der Waals surface area contributed by atoms with Gasteiger partial charge in [-0.15, -0.1) is 11.8 Å². The van der Waals surface area contributed by atoms with Crippen LogP contribution in [0, 0.1) is 10.1 Å². The molecule has 6 nitrogen and oxygen atoms in total. The van der Waals surface area contributed by atoms with Crippen LogP contribution >= 0.6 is 24.0 Å². The summed E-state index contributed by atoms with van der Waals surface area (Å²) in [6.45, 7) is 0.514. The molecule has 0 bridgehead atoms. The van der Waals surface area contributed by atoms with E-state index in [4.69, 9.17) is 12.2 Å². The molecular formula is C18H17N3O3S2. The maximum atomic E-state index is 11.9. The molecule has 0 aliphatic rings. The van der Waals surface area contributed by atoms with E-state index < -0.39 is 4.92 Å². The van der Waals surface area contributed by atoms with Crippen molar-refractivity contribution >= 4 is 46.8 Å². The van der Waals surface area contributed by atoms with Crippen molar-refractivity contribution < 1.29 is 9.72 Å². The van der Waals surface area contributed by atoms with Crippen LogP contribution in [0.25, 0.3) is 6.08 Å². The van der Waals surface area contributed by atoms with Crippen LogP contribution in [-0.2, 0) is 11.3 Å². The van der Waals surface area contributed by atoms with Gasteiger partial charge in [0.1, 0.15) is 0 Å². The van der Waals surface area contributed by atoms with Gasteiger partial charge < -0.3 is 5.32 Å². The predicted octanol–water partition coefficient (Wildman–Crippen LogP) is 3.52. The summed E-state index contributed by atoms with van der Waals surface area (Å²) in [7, 11) is 0. The Morgan fingerprint density at radius 3 is 2.42 bits per heavy atom. The second-order valence-electron chi connectivity index (χ2n) is 5.20. The maximum absolute atomic E-state index is 11.9. The third kappa shape index (κ3) is 6.30. The van der Waals surface area contributed by atoms with Crippen molar-refractivity contribution in [3.63, 3.8) is 0 Å². The fraction of sp³-hybridized carbons (Fsp3) is 0.111. The van der Waals surface area contributed by atoms with Gasteiger partial charge in [0.15, 0.2) is 5.11 Å². The number of amides is 1. The van der Waals surface area contributed by atoms with Gasteiger partial charge in [-0.05, 0) is 59.9 Å². The van der Waals surface area contributed by atoms with E-state index in [0.29, 0.717) is 12.1 Å². The first-order valence-electron chi connectivity index (χ1n) is 7.62. The number of hydrogen-bond donors (Lipinski definition) is 2. The molecule has 0 aliphatic heterocycles. The molecule has 1 amide bonds. The number of carbonyl (C=O) groups excluding carboxylic acids is 1. The molecule has 0 saturated heterocycles. The zero-order chi connectivity index (χ0) is 18.9. The quantitative estimate of drug-likeness (QED) is 0.259. The second-order valence-corrected chi connectivity index (χ2v) is 6.49. The molecule has 2 N–H and O–H groups in total. The van der Waals surface area contributed by atoms with Crippen LogP contribution in [0.3, 0.4) is 0 Å². The first kappa shape index (κ1) is 19.6. The molecule has 0 fully saturated rings. The van der Waals surface area contributed by atoms with Crippen LogP contribution in [-0.4, -0.2) is 22.2 Å².